The number of benzene rings is 1. The fraction of sp³-hybridized carbons (Fsp3) is 0.417. The molecule has 0 amide bonds. The van der Waals surface area contributed by atoms with E-state index in [0.717, 1.165) is 24.6 Å². The van der Waals surface area contributed by atoms with Gasteiger partial charge in [-0.05, 0) is 43.0 Å². The van der Waals surface area contributed by atoms with Crippen molar-refractivity contribution in [1.29, 1.82) is 0 Å². The summed E-state index contributed by atoms with van der Waals surface area (Å²) in [4.78, 5) is 2.38. The molecule has 1 aromatic carbocycles. The van der Waals surface area contributed by atoms with Crippen LogP contribution in [0.5, 0.6) is 0 Å². The zero-order valence-electron chi connectivity index (χ0n) is 16.2. The molecule has 1 atom stereocenters. The summed E-state index contributed by atoms with van der Waals surface area (Å²) < 4.78 is 5.32. The van der Waals surface area contributed by atoms with Crippen molar-refractivity contribution in [2.75, 3.05) is 11.4 Å². The maximum atomic E-state index is 5.32. The third-order valence-electron chi connectivity index (χ3n) is 5.87. The molecule has 0 radical (unpaired) electrons. The first-order chi connectivity index (χ1) is 13.3. The van der Waals surface area contributed by atoms with Gasteiger partial charge in [-0.15, -0.1) is 0 Å². The van der Waals surface area contributed by atoms with Crippen molar-refractivity contribution in [2.45, 2.75) is 51.6 Å². The molecule has 1 aliphatic heterocycles. The van der Waals surface area contributed by atoms with Crippen molar-refractivity contribution in [3.05, 3.63) is 72.2 Å². The van der Waals surface area contributed by atoms with Crippen LogP contribution in [-0.2, 0) is 6.54 Å². The molecule has 0 bridgehead atoms. The lowest BCUT2D eigenvalue weighted by Gasteiger charge is -2.30. The molecule has 142 valence electrons. The fourth-order valence-electron chi connectivity index (χ4n) is 4.44. The van der Waals surface area contributed by atoms with Crippen LogP contribution < -0.4 is 10.2 Å². The van der Waals surface area contributed by atoms with Crippen molar-refractivity contribution < 1.29 is 4.42 Å². The van der Waals surface area contributed by atoms with Crippen molar-refractivity contribution in [1.82, 2.24) is 5.32 Å². The van der Waals surface area contributed by atoms with Crippen LogP contribution in [0.25, 0.3) is 5.70 Å². The number of rotatable bonds is 7. The maximum absolute atomic E-state index is 5.32. The van der Waals surface area contributed by atoms with Crippen molar-refractivity contribution in [2.24, 2.45) is 5.92 Å². The highest BCUT2D eigenvalue weighted by atomic mass is 16.3. The molecule has 4 rings (SSSR count). The Bertz CT molecular complexity index is 784. The highest BCUT2D eigenvalue weighted by molar-refractivity contribution is 5.82. The zero-order chi connectivity index (χ0) is 18.5. The zero-order valence-corrected chi connectivity index (χ0v) is 16.2. The average molecular weight is 363 g/mol. The van der Waals surface area contributed by atoms with Gasteiger partial charge in [-0.2, -0.15) is 0 Å². The lowest BCUT2D eigenvalue weighted by Crippen LogP contribution is -2.29. The third kappa shape index (κ3) is 4.36. The van der Waals surface area contributed by atoms with Crippen molar-refractivity contribution in [3.8, 4) is 0 Å². The van der Waals surface area contributed by atoms with E-state index in [-0.39, 0.29) is 0 Å². The quantitative estimate of drug-likeness (QED) is 0.679. The Morgan fingerprint density at radius 3 is 2.85 bits per heavy atom. The van der Waals surface area contributed by atoms with Crippen LogP contribution in [0, 0.1) is 5.92 Å². The number of anilines is 1. The molecule has 1 saturated carbocycles. The highest BCUT2D eigenvalue weighted by Crippen LogP contribution is 2.32. The number of furan rings is 1. The van der Waals surface area contributed by atoms with Crippen LogP contribution in [0.4, 0.5) is 5.69 Å². The van der Waals surface area contributed by atoms with E-state index in [9.17, 15) is 0 Å². The van der Waals surface area contributed by atoms with Gasteiger partial charge in [-0.25, -0.2) is 0 Å². The number of hydrogen-bond donors (Lipinski definition) is 1. The Hall–Kier alpha value is -2.26. The number of para-hydroxylation sites is 1. The van der Waals surface area contributed by atoms with Crippen molar-refractivity contribution in [3.63, 3.8) is 0 Å². The normalized spacial score (nSPS) is 18.7. The monoisotopic (exact) mass is 362 g/mol. The van der Waals surface area contributed by atoms with Gasteiger partial charge in [0.05, 0.1) is 18.2 Å². The Kier molecular flexibility index (Phi) is 5.78. The Labute approximate surface area is 162 Å². The van der Waals surface area contributed by atoms with E-state index in [4.69, 9.17) is 4.42 Å². The topological polar surface area (TPSA) is 28.4 Å². The van der Waals surface area contributed by atoms with Crippen LogP contribution >= 0.6 is 0 Å². The molecule has 0 saturated heterocycles. The molecule has 1 N–H and O–H groups in total. The van der Waals surface area contributed by atoms with Gasteiger partial charge in [0.15, 0.2) is 0 Å². The first-order valence-corrected chi connectivity index (χ1v) is 10.3. The van der Waals surface area contributed by atoms with Crippen molar-refractivity contribution >= 4 is 11.4 Å². The first-order valence-electron chi connectivity index (χ1n) is 10.3. The molecule has 0 unspecified atom stereocenters. The smallest absolute Gasteiger partial charge is 0.0995 e. The van der Waals surface area contributed by atoms with E-state index in [1.54, 1.807) is 6.26 Å². The molecular weight excluding hydrogens is 332 g/mol. The Morgan fingerprint density at radius 2 is 2.04 bits per heavy atom. The number of hydrogen-bond acceptors (Lipinski definition) is 3. The van der Waals surface area contributed by atoms with Gasteiger partial charge in [0, 0.05) is 30.4 Å². The second kappa shape index (κ2) is 8.62. The van der Waals surface area contributed by atoms with Crippen LogP contribution in [0.1, 0.15) is 50.2 Å². The van der Waals surface area contributed by atoms with E-state index in [1.165, 1.54) is 49.1 Å². The molecule has 2 aliphatic rings. The number of nitrogens with zero attached hydrogens (tertiary/aromatic N) is 1. The Balaban J connectivity index is 1.47. The summed E-state index contributed by atoms with van der Waals surface area (Å²) in [6.45, 7) is 4.12. The Morgan fingerprint density at radius 1 is 1.19 bits per heavy atom. The molecule has 2 aromatic rings. The number of allylic oxidation sites excluding steroid dienone is 2. The van der Waals surface area contributed by atoms with Gasteiger partial charge in [0.2, 0.25) is 0 Å². The molecule has 3 nitrogen and oxygen atoms in total. The summed E-state index contributed by atoms with van der Waals surface area (Å²) in [7, 11) is 0. The van der Waals surface area contributed by atoms with Crippen LogP contribution in [-0.4, -0.2) is 12.6 Å². The molecule has 27 heavy (non-hydrogen) atoms. The summed E-state index contributed by atoms with van der Waals surface area (Å²) in [6, 6.07) is 11.3. The van der Waals surface area contributed by atoms with Gasteiger partial charge in [0.1, 0.15) is 0 Å². The van der Waals surface area contributed by atoms with Gasteiger partial charge < -0.3 is 14.6 Å². The van der Waals surface area contributed by atoms with Crippen LogP contribution in [0.3, 0.4) is 0 Å². The van der Waals surface area contributed by atoms with E-state index in [0.29, 0.717) is 6.04 Å². The van der Waals surface area contributed by atoms with Gasteiger partial charge >= 0.3 is 0 Å². The lowest BCUT2D eigenvalue weighted by molar-refractivity contribution is 0.404. The predicted octanol–water partition coefficient (Wildman–Crippen LogP) is 5.76. The van der Waals surface area contributed by atoms with Crippen LogP contribution in [0.15, 0.2) is 65.5 Å². The largest absolute Gasteiger partial charge is 0.472 e. The minimum absolute atomic E-state index is 0.561. The third-order valence-corrected chi connectivity index (χ3v) is 5.87. The average Bonchev–Trinajstić information content (AvgIpc) is 3.41. The predicted molar refractivity (Wildman–Crippen MR) is 112 cm³/mol. The highest BCUT2D eigenvalue weighted by Gasteiger charge is 2.20. The SMILES string of the molecule is C[C@@H](CC1CCCC1)NCc1ccccc1N1CC=CC=C1c1ccoc1. The number of nitrogens with one attached hydrogen (secondary N) is 1. The van der Waals surface area contributed by atoms with Gasteiger partial charge in [0.25, 0.3) is 0 Å². The summed E-state index contributed by atoms with van der Waals surface area (Å²) >= 11 is 0. The standard InChI is InChI=1S/C24H30N2O/c1-19(16-20-8-2-3-9-20)25-17-21-10-4-5-11-23(21)26-14-7-6-12-24(26)22-13-15-27-18-22/h4-7,10-13,15,18-20,25H,2-3,8-9,14,16-17H2,1H3/t19-/m0/s1. The molecule has 1 fully saturated rings. The summed E-state index contributed by atoms with van der Waals surface area (Å²) in [5, 5.41) is 3.77. The molecule has 0 spiro atoms. The molecule has 3 heteroatoms. The molecular formula is C24H30N2O. The summed E-state index contributed by atoms with van der Waals surface area (Å²) in [5.74, 6) is 0.922. The molecule has 2 heterocycles. The maximum Gasteiger partial charge on any atom is 0.0995 e. The van der Waals surface area contributed by atoms with Gasteiger partial charge in [-0.3, -0.25) is 0 Å². The second-order valence-corrected chi connectivity index (χ2v) is 7.90. The van der Waals surface area contributed by atoms with Crippen LogP contribution in [0.2, 0.25) is 0 Å². The van der Waals surface area contributed by atoms with E-state index in [1.807, 2.05) is 12.3 Å². The fourth-order valence-corrected chi connectivity index (χ4v) is 4.44. The lowest BCUT2D eigenvalue weighted by atomic mass is 9.99. The van der Waals surface area contributed by atoms with Gasteiger partial charge in [-0.1, -0.05) is 56.0 Å². The molecule has 1 aromatic heterocycles. The van der Waals surface area contributed by atoms with E-state index in [2.05, 4.69) is 59.6 Å². The summed E-state index contributed by atoms with van der Waals surface area (Å²) in [6.07, 6.45) is 17.0. The minimum Gasteiger partial charge on any atom is -0.472 e. The first kappa shape index (κ1) is 18.1. The minimum atomic E-state index is 0.561. The van der Waals surface area contributed by atoms with E-state index >= 15 is 0 Å². The second-order valence-electron chi connectivity index (χ2n) is 7.90. The summed E-state index contributed by atoms with van der Waals surface area (Å²) in [5.41, 5.74) is 4.93. The molecule has 1 aliphatic carbocycles. The van der Waals surface area contributed by atoms with E-state index < -0.39 is 0 Å².